The van der Waals surface area contributed by atoms with Gasteiger partial charge in [0, 0.05) is 63.2 Å². The number of anilines is 1. The summed E-state index contributed by atoms with van der Waals surface area (Å²) >= 11 is 0. The van der Waals surface area contributed by atoms with Crippen molar-refractivity contribution in [1.82, 2.24) is 28.8 Å². The topological polar surface area (TPSA) is 71.6 Å². The average Bonchev–Trinajstić information content (AvgIpc) is 3.40. The van der Waals surface area contributed by atoms with E-state index in [0.29, 0.717) is 24.6 Å². The number of imidazole rings is 2. The average molecular weight is 428 g/mol. The van der Waals surface area contributed by atoms with Crippen molar-refractivity contribution >= 4 is 17.1 Å². The fourth-order valence-corrected chi connectivity index (χ4v) is 4.42. The molecule has 6 rings (SSSR count). The Morgan fingerprint density at radius 3 is 2.62 bits per heavy atom. The number of nitrogens with zero attached hydrogens (tertiary/aromatic N) is 7. The number of carbonyl (C=O) groups excluding carboxylic acids is 1. The van der Waals surface area contributed by atoms with Gasteiger partial charge in [0.05, 0.1) is 11.8 Å². The van der Waals surface area contributed by atoms with Crippen molar-refractivity contribution in [2.75, 3.05) is 31.1 Å². The fraction of sp³-hybridized carbons (Fsp3) is 0.333. The molecule has 162 valence electrons. The second kappa shape index (κ2) is 7.78. The van der Waals surface area contributed by atoms with Gasteiger partial charge in [-0.25, -0.2) is 9.97 Å². The summed E-state index contributed by atoms with van der Waals surface area (Å²) in [5, 5.41) is 0. The molecule has 0 aromatic carbocycles. The molecule has 2 aliphatic rings. The lowest BCUT2D eigenvalue weighted by Crippen LogP contribution is -2.49. The third-order valence-electron chi connectivity index (χ3n) is 6.37. The molecule has 0 atom stereocenters. The first-order valence-corrected chi connectivity index (χ1v) is 11.2. The van der Waals surface area contributed by atoms with E-state index in [9.17, 15) is 4.79 Å². The smallest absolute Gasteiger partial charge is 0.274 e. The van der Waals surface area contributed by atoms with Crippen LogP contribution in [-0.4, -0.2) is 60.9 Å². The molecule has 1 aliphatic carbocycles. The van der Waals surface area contributed by atoms with Gasteiger partial charge < -0.3 is 14.4 Å². The SMILES string of the molecule is O=C(c1nc(-c2cn(CC3CC3)cn2)n2ccccc12)N1CCN(c2ccncc2)CC1. The predicted octanol–water partition coefficient (Wildman–Crippen LogP) is 2.97. The van der Waals surface area contributed by atoms with Gasteiger partial charge in [0.25, 0.3) is 5.91 Å². The predicted molar refractivity (Wildman–Crippen MR) is 121 cm³/mol. The highest BCUT2D eigenvalue weighted by Gasteiger charge is 2.27. The van der Waals surface area contributed by atoms with Gasteiger partial charge in [-0.05, 0) is 43.0 Å². The molecular weight excluding hydrogens is 402 g/mol. The summed E-state index contributed by atoms with van der Waals surface area (Å²) in [6.45, 7) is 3.92. The van der Waals surface area contributed by atoms with Gasteiger partial charge in [0.1, 0.15) is 5.69 Å². The van der Waals surface area contributed by atoms with Gasteiger partial charge in [-0.15, -0.1) is 0 Å². The van der Waals surface area contributed by atoms with Gasteiger partial charge >= 0.3 is 0 Å². The van der Waals surface area contributed by atoms with Crippen LogP contribution in [0.4, 0.5) is 5.69 Å². The van der Waals surface area contributed by atoms with E-state index in [1.165, 1.54) is 12.8 Å². The minimum absolute atomic E-state index is 0.0215. The number of pyridine rings is 2. The van der Waals surface area contributed by atoms with Crippen molar-refractivity contribution < 1.29 is 4.79 Å². The lowest BCUT2D eigenvalue weighted by molar-refractivity contribution is 0.0743. The summed E-state index contributed by atoms with van der Waals surface area (Å²) in [7, 11) is 0. The Hall–Kier alpha value is -3.68. The number of carbonyl (C=O) groups is 1. The number of fused-ring (bicyclic) bond motifs is 1. The molecule has 0 unspecified atom stereocenters. The maximum atomic E-state index is 13.5. The molecular formula is C24H25N7O. The third-order valence-corrected chi connectivity index (χ3v) is 6.37. The molecule has 0 radical (unpaired) electrons. The number of hydrogen-bond donors (Lipinski definition) is 0. The Morgan fingerprint density at radius 1 is 1.03 bits per heavy atom. The maximum absolute atomic E-state index is 13.5. The van der Waals surface area contributed by atoms with E-state index in [0.717, 1.165) is 42.5 Å². The molecule has 1 saturated heterocycles. The molecule has 2 fully saturated rings. The van der Waals surface area contributed by atoms with Crippen LogP contribution in [0.5, 0.6) is 0 Å². The van der Waals surface area contributed by atoms with Gasteiger partial charge in [-0.1, -0.05) is 6.07 Å². The van der Waals surface area contributed by atoms with Crippen LogP contribution in [0, 0.1) is 5.92 Å². The first kappa shape index (κ1) is 19.0. The van der Waals surface area contributed by atoms with E-state index in [2.05, 4.69) is 19.4 Å². The first-order chi connectivity index (χ1) is 15.8. The zero-order valence-corrected chi connectivity index (χ0v) is 17.8. The van der Waals surface area contributed by atoms with Crippen molar-refractivity contribution in [2.24, 2.45) is 5.92 Å². The minimum Gasteiger partial charge on any atom is -0.368 e. The van der Waals surface area contributed by atoms with Crippen LogP contribution in [-0.2, 0) is 6.54 Å². The second-order valence-corrected chi connectivity index (χ2v) is 8.62. The van der Waals surface area contributed by atoms with Crippen molar-refractivity contribution in [3.05, 3.63) is 67.1 Å². The Bertz CT molecular complexity index is 1250. The second-order valence-electron chi connectivity index (χ2n) is 8.62. The van der Waals surface area contributed by atoms with Crippen molar-refractivity contribution in [3.63, 3.8) is 0 Å². The zero-order valence-electron chi connectivity index (χ0n) is 17.8. The molecule has 0 bridgehead atoms. The number of amides is 1. The summed E-state index contributed by atoms with van der Waals surface area (Å²) in [6, 6.07) is 9.88. The van der Waals surface area contributed by atoms with Crippen molar-refractivity contribution in [3.8, 4) is 11.5 Å². The molecule has 8 nitrogen and oxygen atoms in total. The van der Waals surface area contributed by atoms with Crippen LogP contribution in [0.1, 0.15) is 23.3 Å². The summed E-state index contributed by atoms with van der Waals surface area (Å²) in [6.07, 6.45) is 12.1. The van der Waals surface area contributed by atoms with Crippen molar-refractivity contribution in [2.45, 2.75) is 19.4 Å². The standard InChI is InChI=1S/C24H25N7O/c32-24(30-13-11-29(12-14-30)19-6-8-25-9-7-19)22-21-3-1-2-10-31(21)23(27-22)20-16-28(17-26-20)15-18-4-5-18/h1-3,6-10,16-18H,4-5,11-15H2. The highest BCUT2D eigenvalue weighted by molar-refractivity contribution is 6.00. The largest absolute Gasteiger partial charge is 0.368 e. The first-order valence-electron chi connectivity index (χ1n) is 11.2. The lowest BCUT2D eigenvalue weighted by Gasteiger charge is -2.35. The molecule has 8 heteroatoms. The zero-order chi connectivity index (χ0) is 21.5. The van der Waals surface area contributed by atoms with Gasteiger partial charge in [0.2, 0.25) is 0 Å². The summed E-state index contributed by atoms with van der Waals surface area (Å²) in [5.41, 5.74) is 3.26. The highest BCUT2D eigenvalue weighted by atomic mass is 16.2. The van der Waals surface area contributed by atoms with Crippen LogP contribution < -0.4 is 4.90 Å². The van der Waals surface area contributed by atoms with Crippen LogP contribution in [0.25, 0.3) is 17.0 Å². The fourth-order valence-electron chi connectivity index (χ4n) is 4.42. The lowest BCUT2D eigenvalue weighted by atomic mass is 10.2. The van der Waals surface area contributed by atoms with Crippen LogP contribution in [0.2, 0.25) is 0 Å². The summed E-state index contributed by atoms with van der Waals surface area (Å²) in [4.78, 5) is 31.1. The van der Waals surface area contributed by atoms with Gasteiger partial charge in [-0.2, -0.15) is 0 Å². The number of piperazine rings is 1. The normalized spacial score (nSPS) is 16.6. The Kier molecular flexibility index (Phi) is 4.63. The van der Waals surface area contributed by atoms with E-state index in [-0.39, 0.29) is 5.91 Å². The molecule has 1 aliphatic heterocycles. The van der Waals surface area contributed by atoms with Crippen LogP contribution >= 0.6 is 0 Å². The molecule has 4 aromatic heterocycles. The Labute approximate surface area is 186 Å². The molecule has 4 aromatic rings. The highest BCUT2D eigenvalue weighted by Crippen LogP contribution is 2.31. The summed E-state index contributed by atoms with van der Waals surface area (Å²) in [5.74, 6) is 1.47. The minimum atomic E-state index is -0.0215. The molecule has 0 spiro atoms. The van der Waals surface area contributed by atoms with E-state index in [1.54, 1.807) is 12.4 Å². The van der Waals surface area contributed by atoms with Crippen LogP contribution in [0.15, 0.2) is 61.4 Å². The van der Waals surface area contributed by atoms with Crippen molar-refractivity contribution in [1.29, 1.82) is 0 Å². The van der Waals surface area contributed by atoms with Gasteiger partial charge in [0.15, 0.2) is 11.5 Å². The molecule has 1 amide bonds. The molecule has 5 heterocycles. The summed E-state index contributed by atoms with van der Waals surface area (Å²) < 4.78 is 4.11. The molecule has 32 heavy (non-hydrogen) atoms. The van der Waals surface area contributed by atoms with E-state index in [4.69, 9.17) is 4.98 Å². The maximum Gasteiger partial charge on any atom is 0.274 e. The Balaban J connectivity index is 1.25. The van der Waals surface area contributed by atoms with E-state index >= 15 is 0 Å². The van der Waals surface area contributed by atoms with Crippen LogP contribution in [0.3, 0.4) is 0 Å². The number of rotatable bonds is 5. The Morgan fingerprint density at radius 2 is 1.84 bits per heavy atom. The number of aromatic nitrogens is 5. The van der Waals surface area contributed by atoms with E-state index < -0.39 is 0 Å². The third kappa shape index (κ3) is 3.51. The quantitative estimate of drug-likeness (QED) is 0.490. The monoisotopic (exact) mass is 427 g/mol. The van der Waals surface area contributed by atoms with Gasteiger partial charge in [-0.3, -0.25) is 14.2 Å². The molecule has 1 saturated carbocycles. The molecule has 0 N–H and O–H groups in total. The number of hydrogen-bond acceptors (Lipinski definition) is 5. The van der Waals surface area contributed by atoms with E-state index in [1.807, 2.05) is 58.4 Å².